The number of carbonyl (C=O) groups excluding carboxylic acids is 1. The van der Waals surface area contributed by atoms with Crippen LogP contribution < -0.4 is 5.43 Å². The van der Waals surface area contributed by atoms with Crippen LogP contribution in [0.2, 0.25) is 0 Å². The summed E-state index contributed by atoms with van der Waals surface area (Å²) in [5.74, 6) is -0.203. The van der Waals surface area contributed by atoms with Gasteiger partial charge in [-0.3, -0.25) is 4.79 Å². The van der Waals surface area contributed by atoms with Crippen LogP contribution in [0, 0.1) is 0 Å². The molecule has 26 heavy (non-hydrogen) atoms. The first-order valence-electron chi connectivity index (χ1n) is 8.79. The fourth-order valence-corrected chi connectivity index (χ4v) is 2.80. The molecule has 3 rings (SSSR count). The first-order chi connectivity index (χ1) is 12.3. The third-order valence-electron chi connectivity index (χ3n) is 4.51. The Hall–Kier alpha value is -2.94. The Kier molecular flexibility index (Phi) is 4.90. The van der Waals surface area contributed by atoms with Crippen LogP contribution in [0.15, 0.2) is 71.8 Å². The Morgan fingerprint density at radius 3 is 2.12 bits per heavy atom. The average Bonchev–Trinajstić information content (AvgIpc) is 2.64. The second-order valence-corrected chi connectivity index (χ2v) is 7.53. The molecule has 132 valence electrons. The van der Waals surface area contributed by atoms with Gasteiger partial charge >= 0.3 is 0 Å². The molecule has 0 aliphatic carbocycles. The monoisotopic (exact) mass is 344 g/mol. The number of hydrazone groups is 1. The molecule has 0 heterocycles. The molecular formula is C23H24N2O. The summed E-state index contributed by atoms with van der Waals surface area (Å²) in [4.78, 5) is 12.3. The molecule has 1 N–H and O–H groups in total. The number of rotatable bonds is 3. The van der Waals surface area contributed by atoms with Crippen LogP contribution in [0.1, 0.15) is 49.2 Å². The maximum Gasteiger partial charge on any atom is 0.271 e. The standard InChI is InChI=1S/C23H24N2O/c1-16(19-10-9-17-7-5-6-8-20(17)15-19)24-25-22(26)18-11-13-21(14-12-18)23(2,3)4/h5-15H,1-4H3,(H,25,26)/b24-16+. The predicted octanol–water partition coefficient (Wildman–Crippen LogP) is 5.29. The lowest BCUT2D eigenvalue weighted by atomic mass is 9.87. The van der Waals surface area contributed by atoms with E-state index in [4.69, 9.17) is 0 Å². The maximum atomic E-state index is 12.3. The van der Waals surface area contributed by atoms with Gasteiger partial charge in [0, 0.05) is 5.56 Å². The zero-order chi connectivity index (χ0) is 18.7. The zero-order valence-corrected chi connectivity index (χ0v) is 15.7. The van der Waals surface area contributed by atoms with Crippen molar-refractivity contribution < 1.29 is 4.79 Å². The molecule has 3 heteroatoms. The van der Waals surface area contributed by atoms with Crippen LogP contribution >= 0.6 is 0 Å². The summed E-state index contributed by atoms with van der Waals surface area (Å²) >= 11 is 0. The number of nitrogens with one attached hydrogen (secondary N) is 1. The molecule has 3 aromatic rings. The summed E-state index contributed by atoms with van der Waals surface area (Å²) in [5.41, 5.74) is 6.29. The normalized spacial score (nSPS) is 12.2. The highest BCUT2D eigenvalue weighted by Crippen LogP contribution is 2.22. The minimum Gasteiger partial charge on any atom is -0.267 e. The van der Waals surface area contributed by atoms with E-state index in [1.165, 1.54) is 10.9 Å². The number of carbonyl (C=O) groups is 1. The van der Waals surface area contributed by atoms with Gasteiger partial charge in [0.1, 0.15) is 0 Å². The Bertz CT molecular complexity index is 963. The van der Waals surface area contributed by atoms with E-state index in [2.05, 4.69) is 55.6 Å². The van der Waals surface area contributed by atoms with E-state index in [0.29, 0.717) is 5.56 Å². The van der Waals surface area contributed by atoms with Crippen molar-refractivity contribution in [1.82, 2.24) is 5.43 Å². The molecule has 0 bridgehead atoms. The summed E-state index contributed by atoms with van der Waals surface area (Å²) in [6.45, 7) is 8.35. The van der Waals surface area contributed by atoms with Gasteiger partial charge in [-0.2, -0.15) is 5.10 Å². The minimum atomic E-state index is -0.203. The number of benzene rings is 3. The molecule has 1 amide bonds. The highest BCUT2D eigenvalue weighted by atomic mass is 16.2. The lowest BCUT2D eigenvalue weighted by Gasteiger charge is -2.18. The second kappa shape index (κ2) is 7.12. The van der Waals surface area contributed by atoms with E-state index in [0.717, 1.165) is 16.7 Å². The Labute approximate surface area is 154 Å². The lowest BCUT2D eigenvalue weighted by Crippen LogP contribution is -2.20. The van der Waals surface area contributed by atoms with Gasteiger partial charge in [-0.1, -0.05) is 69.3 Å². The van der Waals surface area contributed by atoms with E-state index in [9.17, 15) is 4.79 Å². The number of hydrogen-bond acceptors (Lipinski definition) is 2. The van der Waals surface area contributed by atoms with E-state index < -0.39 is 0 Å². The van der Waals surface area contributed by atoms with Crippen molar-refractivity contribution in [1.29, 1.82) is 0 Å². The van der Waals surface area contributed by atoms with Crippen LogP contribution in [0.3, 0.4) is 0 Å². The Balaban J connectivity index is 1.74. The van der Waals surface area contributed by atoms with Crippen molar-refractivity contribution in [2.24, 2.45) is 5.10 Å². The molecule has 0 saturated heterocycles. The molecule has 0 saturated carbocycles. The number of fused-ring (bicyclic) bond motifs is 1. The molecule has 0 unspecified atom stereocenters. The summed E-state index contributed by atoms with van der Waals surface area (Å²) in [7, 11) is 0. The molecule has 0 aromatic heterocycles. The first-order valence-corrected chi connectivity index (χ1v) is 8.79. The van der Waals surface area contributed by atoms with E-state index in [1.807, 2.05) is 49.4 Å². The largest absolute Gasteiger partial charge is 0.271 e. The molecule has 0 spiro atoms. The molecule has 0 aliphatic heterocycles. The third kappa shape index (κ3) is 3.99. The van der Waals surface area contributed by atoms with Gasteiger partial charge in [-0.05, 0) is 52.4 Å². The molecule has 0 fully saturated rings. The Morgan fingerprint density at radius 1 is 0.846 bits per heavy atom. The second-order valence-electron chi connectivity index (χ2n) is 7.53. The smallest absolute Gasteiger partial charge is 0.267 e. The highest BCUT2D eigenvalue weighted by molar-refractivity contribution is 6.03. The van der Waals surface area contributed by atoms with Gasteiger partial charge in [0.05, 0.1) is 5.71 Å². The molecule has 0 aliphatic rings. The van der Waals surface area contributed by atoms with Gasteiger partial charge in [0.25, 0.3) is 5.91 Å². The van der Waals surface area contributed by atoms with E-state index in [1.54, 1.807) is 0 Å². The van der Waals surface area contributed by atoms with Crippen LogP contribution in [0.4, 0.5) is 0 Å². The van der Waals surface area contributed by atoms with Gasteiger partial charge < -0.3 is 0 Å². The van der Waals surface area contributed by atoms with Gasteiger partial charge in [0.15, 0.2) is 0 Å². The fraction of sp³-hybridized carbons (Fsp3) is 0.217. The summed E-state index contributed by atoms with van der Waals surface area (Å²) in [5, 5.41) is 6.61. The molecule has 3 nitrogen and oxygen atoms in total. The van der Waals surface area contributed by atoms with Crippen LogP contribution in [0.25, 0.3) is 10.8 Å². The fourth-order valence-electron chi connectivity index (χ4n) is 2.80. The molecule has 0 atom stereocenters. The van der Waals surface area contributed by atoms with Gasteiger partial charge in [-0.15, -0.1) is 0 Å². The summed E-state index contributed by atoms with van der Waals surface area (Å²) in [6, 6.07) is 22.0. The van der Waals surface area contributed by atoms with Crippen molar-refractivity contribution in [2.45, 2.75) is 33.1 Å². The molecule has 3 aromatic carbocycles. The zero-order valence-electron chi connectivity index (χ0n) is 15.7. The maximum absolute atomic E-state index is 12.3. The topological polar surface area (TPSA) is 41.5 Å². The SMILES string of the molecule is C/C(=N\NC(=O)c1ccc(C(C)(C)C)cc1)c1ccc2ccccc2c1. The Morgan fingerprint density at radius 2 is 1.46 bits per heavy atom. The minimum absolute atomic E-state index is 0.0693. The number of nitrogens with zero attached hydrogens (tertiary/aromatic N) is 1. The highest BCUT2D eigenvalue weighted by Gasteiger charge is 2.14. The first kappa shape index (κ1) is 17.9. The average molecular weight is 344 g/mol. The lowest BCUT2D eigenvalue weighted by molar-refractivity contribution is 0.0955. The molecule has 0 radical (unpaired) electrons. The van der Waals surface area contributed by atoms with Crippen molar-refractivity contribution in [3.8, 4) is 0 Å². The quantitative estimate of drug-likeness (QED) is 0.509. The predicted molar refractivity (Wildman–Crippen MR) is 109 cm³/mol. The van der Waals surface area contributed by atoms with Crippen LogP contribution in [-0.4, -0.2) is 11.6 Å². The van der Waals surface area contributed by atoms with Crippen molar-refractivity contribution in [3.63, 3.8) is 0 Å². The third-order valence-corrected chi connectivity index (χ3v) is 4.51. The number of hydrogen-bond donors (Lipinski definition) is 1. The van der Waals surface area contributed by atoms with Gasteiger partial charge in [-0.25, -0.2) is 5.43 Å². The van der Waals surface area contributed by atoms with Crippen molar-refractivity contribution in [2.75, 3.05) is 0 Å². The van der Waals surface area contributed by atoms with E-state index >= 15 is 0 Å². The number of amides is 1. The van der Waals surface area contributed by atoms with Crippen LogP contribution in [0.5, 0.6) is 0 Å². The molecular weight excluding hydrogens is 320 g/mol. The van der Waals surface area contributed by atoms with E-state index in [-0.39, 0.29) is 11.3 Å². The van der Waals surface area contributed by atoms with Crippen molar-refractivity contribution in [3.05, 3.63) is 83.4 Å². The van der Waals surface area contributed by atoms with Crippen molar-refractivity contribution >= 4 is 22.4 Å². The van der Waals surface area contributed by atoms with Gasteiger partial charge in [0.2, 0.25) is 0 Å². The van der Waals surface area contributed by atoms with Crippen LogP contribution in [-0.2, 0) is 5.41 Å². The summed E-state index contributed by atoms with van der Waals surface area (Å²) in [6.07, 6.45) is 0. The summed E-state index contributed by atoms with van der Waals surface area (Å²) < 4.78 is 0.